The third kappa shape index (κ3) is 4.23. The molecule has 0 unspecified atom stereocenters. The van der Waals surface area contributed by atoms with Crippen LogP contribution < -0.4 is 4.90 Å². The summed E-state index contributed by atoms with van der Waals surface area (Å²) in [4.78, 5) is 21.3. The zero-order chi connectivity index (χ0) is 21.1. The van der Waals surface area contributed by atoms with Crippen molar-refractivity contribution < 1.29 is 17.6 Å². The zero-order valence-electron chi connectivity index (χ0n) is 16.7. The first-order valence-electron chi connectivity index (χ1n) is 9.76. The maximum absolute atomic E-state index is 12.8. The molecule has 1 aliphatic rings. The Hall–Kier alpha value is -3.13. The topological polar surface area (TPSA) is 83.7 Å². The minimum atomic E-state index is -3.55. The van der Waals surface area contributed by atoms with E-state index >= 15 is 0 Å². The number of rotatable bonds is 5. The van der Waals surface area contributed by atoms with Crippen molar-refractivity contribution in [3.8, 4) is 0 Å². The monoisotopic (exact) mass is 425 g/mol. The van der Waals surface area contributed by atoms with Crippen LogP contribution in [0.3, 0.4) is 0 Å². The number of aromatic nitrogens is 1. The Kier molecular flexibility index (Phi) is 5.59. The quantitative estimate of drug-likeness (QED) is 0.625. The fourth-order valence-electron chi connectivity index (χ4n) is 3.58. The van der Waals surface area contributed by atoms with E-state index in [9.17, 15) is 13.2 Å². The molecule has 1 amide bonds. The number of anilines is 1. The van der Waals surface area contributed by atoms with E-state index in [1.165, 1.54) is 0 Å². The highest BCUT2D eigenvalue weighted by atomic mass is 32.2. The van der Waals surface area contributed by atoms with Crippen molar-refractivity contribution in [1.29, 1.82) is 0 Å². The highest BCUT2D eigenvalue weighted by molar-refractivity contribution is 7.90. The van der Waals surface area contributed by atoms with Gasteiger partial charge in [-0.1, -0.05) is 24.3 Å². The molecular formula is C22H23N3O4S. The van der Waals surface area contributed by atoms with E-state index in [0.717, 1.165) is 5.82 Å². The van der Waals surface area contributed by atoms with Crippen molar-refractivity contribution in [2.45, 2.75) is 17.6 Å². The molecule has 30 heavy (non-hydrogen) atoms. The van der Waals surface area contributed by atoms with Gasteiger partial charge in [0.25, 0.3) is 5.91 Å². The van der Waals surface area contributed by atoms with Gasteiger partial charge in [-0.25, -0.2) is 13.4 Å². The Balaban J connectivity index is 1.41. The molecule has 0 atom stereocenters. The first-order chi connectivity index (χ1) is 14.4. The fourth-order valence-corrected chi connectivity index (χ4v) is 5.11. The normalized spacial score (nSPS) is 14.7. The number of benzene rings is 1. The molecule has 1 fully saturated rings. The average Bonchev–Trinajstić information content (AvgIpc) is 3.22. The Bertz CT molecular complexity index is 1130. The number of carbonyl (C=O) groups excluding carboxylic acids is 1. The predicted molar refractivity (Wildman–Crippen MR) is 113 cm³/mol. The number of hydrogen-bond donors (Lipinski definition) is 0. The lowest BCUT2D eigenvalue weighted by Crippen LogP contribution is -2.49. The van der Waals surface area contributed by atoms with Crippen LogP contribution in [-0.4, -0.2) is 50.4 Å². The van der Waals surface area contributed by atoms with Gasteiger partial charge in [0.1, 0.15) is 17.3 Å². The standard InChI is InChI=1S/C22H23N3O4S/c1-17-6-2-3-7-20(17)30(27,28)16-18-9-10-19(29-18)22(26)25-14-12-24(13-15-25)21-8-4-5-11-23-21/h2-11H,12-16H2,1H3. The van der Waals surface area contributed by atoms with Crippen LogP contribution in [0.5, 0.6) is 0 Å². The maximum Gasteiger partial charge on any atom is 0.289 e. The lowest BCUT2D eigenvalue weighted by atomic mass is 10.2. The van der Waals surface area contributed by atoms with E-state index in [0.29, 0.717) is 31.7 Å². The molecule has 1 saturated heterocycles. The number of nitrogens with zero attached hydrogens (tertiary/aromatic N) is 3. The molecular weight excluding hydrogens is 402 g/mol. The van der Waals surface area contributed by atoms with E-state index in [-0.39, 0.29) is 28.1 Å². The van der Waals surface area contributed by atoms with E-state index in [1.807, 2.05) is 18.2 Å². The minimum Gasteiger partial charge on any atom is -0.455 e. The molecule has 7 nitrogen and oxygen atoms in total. The van der Waals surface area contributed by atoms with Crippen molar-refractivity contribution in [3.63, 3.8) is 0 Å². The van der Waals surface area contributed by atoms with Gasteiger partial charge < -0.3 is 14.2 Å². The van der Waals surface area contributed by atoms with E-state index in [2.05, 4.69) is 9.88 Å². The number of sulfone groups is 1. The Morgan fingerprint density at radius 2 is 1.73 bits per heavy atom. The molecule has 0 bridgehead atoms. The number of piperazine rings is 1. The van der Waals surface area contributed by atoms with Gasteiger partial charge in [-0.2, -0.15) is 0 Å². The number of aryl methyl sites for hydroxylation is 1. The van der Waals surface area contributed by atoms with Crippen molar-refractivity contribution >= 4 is 21.6 Å². The van der Waals surface area contributed by atoms with Gasteiger partial charge in [-0.15, -0.1) is 0 Å². The smallest absolute Gasteiger partial charge is 0.289 e. The average molecular weight is 426 g/mol. The third-order valence-corrected chi connectivity index (χ3v) is 6.97. The summed E-state index contributed by atoms with van der Waals surface area (Å²) < 4.78 is 31.0. The molecule has 4 rings (SSSR count). The first-order valence-corrected chi connectivity index (χ1v) is 11.4. The second-order valence-electron chi connectivity index (χ2n) is 7.26. The summed E-state index contributed by atoms with van der Waals surface area (Å²) in [7, 11) is -3.55. The Labute approximate surface area is 175 Å². The van der Waals surface area contributed by atoms with Crippen molar-refractivity contribution in [3.05, 3.63) is 77.9 Å². The van der Waals surface area contributed by atoms with Crippen LogP contribution in [0.1, 0.15) is 21.9 Å². The molecule has 1 aliphatic heterocycles. The number of amides is 1. The molecule has 0 saturated carbocycles. The number of furan rings is 1. The van der Waals surface area contributed by atoms with Crippen LogP contribution in [0.15, 0.2) is 70.1 Å². The lowest BCUT2D eigenvalue weighted by molar-refractivity contribution is 0.0713. The Morgan fingerprint density at radius 3 is 2.43 bits per heavy atom. The molecule has 0 radical (unpaired) electrons. The van der Waals surface area contributed by atoms with E-state index in [4.69, 9.17) is 4.42 Å². The number of carbonyl (C=O) groups is 1. The van der Waals surface area contributed by atoms with E-state index in [1.54, 1.807) is 54.4 Å². The predicted octanol–water partition coefficient (Wildman–Crippen LogP) is 2.92. The Morgan fingerprint density at radius 1 is 1.00 bits per heavy atom. The molecule has 1 aromatic carbocycles. The molecule has 156 valence electrons. The van der Waals surface area contributed by atoms with Crippen molar-refractivity contribution in [2.24, 2.45) is 0 Å². The summed E-state index contributed by atoms with van der Waals surface area (Å²) in [5.41, 5.74) is 0.686. The summed E-state index contributed by atoms with van der Waals surface area (Å²) in [5, 5.41) is 0. The van der Waals surface area contributed by atoms with Gasteiger partial charge >= 0.3 is 0 Å². The van der Waals surface area contributed by atoms with Gasteiger partial charge in [0.15, 0.2) is 15.6 Å². The second kappa shape index (κ2) is 8.31. The van der Waals surface area contributed by atoms with Gasteiger partial charge in [-0.05, 0) is 42.8 Å². The van der Waals surface area contributed by atoms with Crippen LogP contribution in [0.25, 0.3) is 0 Å². The minimum absolute atomic E-state index is 0.163. The molecule has 0 aliphatic carbocycles. The molecule has 3 heterocycles. The second-order valence-corrected chi connectivity index (χ2v) is 9.22. The summed E-state index contributed by atoms with van der Waals surface area (Å²) in [6, 6.07) is 15.7. The van der Waals surface area contributed by atoms with Crippen LogP contribution in [0, 0.1) is 6.92 Å². The van der Waals surface area contributed by atoms with Crippen LogP contribution in [0.4, 0.5) is 5.82 Å². The molecule has 2 aromatic heterocycles. The number of pyridine rings is 1. The first kappa shape index (κ1) is 20.2. The maximum atomic E-state index is 12.8. The largest absolute Gasteiger partial charge is 0.455 e. The SMILES string of the molecule is Cc1ccccc1S(=O)(=O)Cc1ccc(C(=O)N2CCN(c3ccccn3)CC2)o1. The lowest BCUT2D eigenvalue weighted by Gasteiger charge is -2.34. The van der Waals surface area contributed by atoms with Gasteiger partial charge in [0.2, 0.25) is 0 Å². The van der Waals surface area contributed by atoms with Gasteiger partial charge in [0.05, 0.1) is 4.90 Å². The number of hydrogen-bond acceptors (Lipinski definition) is 6. The summed E-state index contributed by atoms with van der Waals surface area (Å²) in [6.45, 7) is 4.21. The summed E-state index contributed by atoms with van der Waals surface area (Å²) >= 11 is 0. The highest BCUT2D eigenvalue weighted by Crippen LogP contribution is 2.22. The molecule has 8 heteroatoms. The van der Waals surface area contributed by atoms with Gasteiger partial charge in [0, 0.05) is 32.4 Å². The van der Waals surface area contributed by atoms with Crippen molar-refractivity contribution in [1.82, 2.24) is 9.88 Å². The van der Waals surface area contributed by atoms with Crippen LogP contribution in [0.2, 0.25) is 0 Å². The fraction of sp³-hybridized carbons (Fsp3) is 0.273. The zero-order valence-corrected chi connectivity index (χ0v) is 17.5. The molecule has 0 spiro atoms. The third-order valence-electron chi connectivity index (χ3n) is 5.17. The summed E-state index contributed by atoms with van der Waals surface area (Å²) in [5.74, 6) is 0.810. The van der Waals surface area contributed by atoms with Crippen LogP contribution in [-0.2, 0) is 15.6 Å². The molecule has 0 N–H and O–H groups in total. The van der Waals surface area contributed by atoms with Gasteiger partial charge in [-0.3, -0.25) is 4.79 Å². The highest BCUT2D eigenvalue weighted by Gasteiger charge is 2.26. The van der Waals surface area contributed by atoms with Crippen LogP contribution >= 0.6 is 0 Å². The molecule has 3 aromatic rings. The summed E-state index contributed by atoms with van der Waals surface area (Å²) in [6.07, 6.45) is 1.75. The van der Waals surface area contributed by atoms with E-state index < -0.39 is 9.84 Å². The van der Waals surface area contributed by atoms with Crippen molar-refractivity contribution in [2.75, 3.05) is 31.1 Å².